The number of carbonyl (C=O) groups is 2. The van der Waals surface area contributed by atoms with Gasteiger partial charge in [0.2, 0.25) is 11.6 Å². The normalized spacial score (nSPS) is 21.2. The third-order valence-corrected chi connectivity index (χ3v) is 3.26. The third-order valence-electron chi connectivity index (χ3n) is 3.26. The van der Waals surface area contributed by atoms with Gasteiger partial charge in [0.25, 0.3) is 0 Å². The van der Waals surface area contributed by atoms with E-state index >= 15 is 0 Å². The van der Waals surface area contributed by atoms with E-state index < -0.39 is 48.6 Å². The Morgan fingerprint density at radius 2 is 1.70 bits per heavy atom. The van der Waals surface area contributed by atoms with Gasteiger partial charge in [-0.05, 0) is 5.92 Å². The first-order valence-electron chi connectivity index (χ1n) is 6.81. The number of Topliss-reactive ketones (excluding diaryl/α,β-unsaturated/α-hetero) is 2. The van der Waals surface area contributed by atoms with Crippen LogP contribution in [0.1, 0.15) is 20.3 Å². The molecule has 0 unspecified atom stereocenters. The first kappa shape index (κ1) is 17.2. The first-order valence-corrected chi connectivity index (χ1v) is 6.31. The topological polar surface area (TPSA) is 161 Å². The van der Waals surface area contributed by atoms with Gasteiger partial charge in [-0.1, -0.05) is 20.3 Å². The monoisotopic (exact) mass is 294 g/mol. The van der Waals surface area contributed by atoms with E-state index in [1.807, 2.05) is 5.73 Å². The van der Waals surface area contributed by atoms with Crippen LogP contribution >= 0.6 is 0 Å². The van der Waals surface area contributed by atoms with E-state index in [0.717, 1.165) is 0 Å². The van der Waals surface area contributed by atoms with Crippen molar-refractivity contribution >= 4 is 11.6 Å². The molecule has 0 aliphatic heterocycles. The molecule has 0 aliphatic rings. The lowest BCUT2D eigenvalue weighted by atomic mass is 9.90. The van der Waals surface area contributed by atoms with E-state index in [4.69, 9.17) is 11.6 Å². The number of aliphatic hydroxyl groups is 5. The van der Waals surface area contributed by atoms with Crippen molar-refractivity contribution in [2.75, 3.05) is 6.61 Å². The number of hydrogen-bond donors (Lipinski definition) is 6. The highest BCUT2D eigenvalue weighted by Crippen LogP contribution is 2.11. The fraction of sp³-hybridized carbons (Fsp3) is 0.833. The number of nitrogens with two attached hydrogens (primary N) is 1. The lowest BCUT2D eigenvalue weighted by Crippen LogP contribution is -2.53. The minimum atomic E-state index is -2.26. The summed E-state index contributed by atoms with van der Waals surface area (Å²) in [6.07, 6.45) is -7.65. The van der Waals surface area contributed by atoms with Gasteiger partial charge in [0.05, 0.1) is 12.6 Å². The molecule has 0 aromatic carbocycles. The molecule has 0 spiro atoms. The van der Waals surface area contributed by atoms with E-state index in [-0.39, 0.29) is 5.92 Å². The van der Waals surface area contributed by atoms with Crippen LogP contribution in [0.15, 0.2) is 0 Å². The Balaban J connectivity index is 4.94. The maximum absolute atomic E-state index is 11.9. The van der Waals surface area contributed by atoms with Gasteiger partial charge >= 0.3 is 0 Å². The molecule has 8 heteroatoms. The van der Waals surface area contributed by atoms with Crippen molar-refractivity contribution in [1.82, 2.24) is 0 Å². The van der Waals surface area contributed by atoms with Gasteiger partial charge in [-0.15, -0.1) is 0 Å². The van der Waals surface area contributed by atoms with Crippen LogP contribution in [0.5, 0.6) is 0 Å². The molecule has 118 valence electrons. The Bertz CT molecular complexity index is 354. The van der Waals surface area contributed by atoms with Gasteiger partial charge < -0.3 is 31.3 Å². The van der Waals surface area contributed by atoms with E-state index in [1.165, 1.54) is 0 Å². The fourth-order valence-electron chi connectivity index (χ4n) is 1.47. The molecule has 7 N–H and O–H groups in total. The van der Waals surface area contributed by atoms with Gasteiger partial charge in [-0.3, -0.25) is 9.59 Å². The second-order valence-corrected chi connectivity index (χ2v) is 4.77. The highest BCUT2D eigenvalue weighted by atomic mass is 16.4. The summed E-state index contributed by atoms with van der Waals surface area (Å²) in [7, 11) is 0. The maximum atomic E-state index is 11.9. The zero-order valence-corrected chi connectivity index (χ0v) is 11.4. The van der Waals surface area contributed by atoms with Gasteiger partial charge in [-0.25, -0.2) is 0 Å². The van der Waals surface area contributed by atoms with Gasteiger partial charge in [0.15, 0.2) is 0 Å². The van der Waals surface area contributed by atoms with Crippen LogP contribution in [0.2, 0.25) is 1.41 Å². The fourth-order valence-corrected chi connectivity index (χ4v) is 1.47. The molecule has 0 aromatic rings. The Labute approximate surface area is 118 Å². The van der Waals surface area contributed by atoms with Crippen LogP contribution in [0, 0.1) is 5.92 Å². The molecular formula is C12H23NO7. The quantitative estimate of drug-likeness (QED) is 0.231. The molecule has 0 rings (SSSR count). The highest BCUT2D eigenvalue weighted by Gasteiger charge is 2.38. The summed E-state index contributed by atoms with van der Waals surface area (Å²) >= 11 is 0. The van der Waals surface area contributed by atoms with E-state index in [0.29, 0.717) is 6.42 Å². The van der Waals surface area contributed by atoms with Crippen LogP contribution < -0.4 is 5.73 Å². The smallest absolute Gasteiger partial charge is 0.231 e. The summed E-state index contributed by atoms with van der Waals surface area (Å²) in [5.41, 5.74) is 1.93. The molecule has 0 aromatic heterocycles. The average molecular weight is 294 g/mol. The number of ketones is 2. The lowest BCUT2D eigenvalue weighted by Gasteiger charge is -2.25. The summed E-state index contributed by atoms with van der Waals surface area (Å²) in [6.45, 7) is 2.49. The van der Waals surface area contributed by atoms with E-state index in [9.17, 15) is 24.9 Å². The minimum Gasteiger partial charge on any atom is -0.394 e. The molecule has 0 fully saturated rings. The number of rotatable bonds is 10. The molecule has 8 nitrogen and oxygen atoms in total. The molecule has 6 atom stereocenters. The van der Waals surface area contributed by atoms with Crippen molar-refractivity contribution in [1.29, 1.82) is 0 Å². The highest BCUT2D eigenvalue weighted by molar-refractivity contribution is 6.40. The van der Waals surface area contributed by atoms with Crippen molar-refractivity contribution in [3.8, 4) is 0 Å². The summed E-state index contributed by atoms with van der Waals surface area (Å²) in [4.78, 5) is 23.7. The van der Waals surface area contributed by atoms with Crippen LogP contribution in [0.4, 0.5) is 0 Å². The Kier molecular flexibility index (Phi) is 7.20. The molecule has 0 aliphatic carbocycles. The molecule has 0 saturated heterocycles. The van der Waals surface area contributed by atoms with E-state index in [2.05, 4.69) is 0 Å². The minimum absolute atomic E-state index is 0.351. The summed E-state index contributed by atoms with van der Waals surface area (Å²) in [6, 6.07) is -1.15. The van der Waals surface area contributed by atoms with Crippen LogP contribution in [-0.4, -0.2) is 74.2 Å². The van der Waals surface area contributed by atoms with Crippen LogP contribution in [0.25, 0.3) is 0 Å². The second kappa shape index (κ2) is 8.40. The SMILES string of the molecule is [2H]N[C@H](C(=O)C(=O)[C@H](O)[C@@H](O)[C@H](O)[C@H](O)CO)[C@@H](C)CC. The predicted molar refractivity (Wildman–Crippen MR) is 68.6 cm³/mol. The molecule has 0 bridgehead atoms. The van der Waals surface area contributed by atoms with Crippen molar-refractivity contribution in [3.05, 3.63) is 0 Å². The zero-order valence-electron chi connectivity index (χ0n) is 12.4. The Hall–Kier alpha value is -0.900. The van der Waals surface area contributed by atoms with E-state index in [1.54, 1.807) is 13.8 Å². The van der Waals surface area contributed by atoms with Gasteiger partial charge in [0.1, 0.15) is 25.8 Å². The van der Waals surface area contributed by atoms with Crippen molar-refractivity contribution in [2.45, 2.75) is 50.7 Å². The molecule has 0 radical (unpaired) electrons. The summed E-state index contributed by atoms with van der Waals surface area (Å²) in [5.74, 6) is -2.83. The Morgan fingerprint density at radius 3 is 2.10 bits per heavy atom. The lowest BCUT2D eigenvalue weighted by molar-refractivity contribution is -0.155. The molecular weight excluding hydrogens is 270 g/mol. The van der Waals surface area contributed by atoms with Gasteiger partial charge in [-0.2, -0.15) is 0 Å². The average Bonchev–Trinajstić information content (AvgIpc) is 2.51. The largest absolute Gasteiger partial charge is 0.394 e. The van der Waals surface area contributed by atoms with Crippen LogP contribution in [0.3, 0.4) is 0 Å². The predicted octanol–water partition coefficient (Wildman–Crippen LogP) is -3.07. The standard InChI is InChI=1S/C12H23NO7/c1-3-5(2)7(13)9(17)11(19)12(20)10(18)8(16)6(15)4-14/h5-8,10,12,14-16,18,20H,3-4,13H2,1-2H3/t5-,6+,7-,8+,10-,12+/m0/s1/i/hD. The third kappa shape index (κ3) is 4.58. The van der Waals surface area contributed by atoms with Crippen molar-refractivity contribution < 1.29 is 36.5 Å². The van der Waals surface area contributed by atoms with Crippen molar-refractivity contribution in [3.63, 3.8) is 0 Å². The molecule has 0 amide bonds. The van der Waals surface area contributed by atoms with Gasteiger partial charge in [0, 0.05) is 0 Å². The summed E-state index contributed by atoms with van der Waals surface area (Å²) < 4.78 is 7.06. The maximum Gasteiger partial charge on any atom is 0.231 e. The number of hydrogen-bond acceptors (Lipinski definition) is 8. The zero-order chi connectivity index (χ0) is 16.7. The first-order chi connectivity index (χ1) is 9.72. The number of carbonyl (C=O) groups excluding carboxylic acids is 2. The Morgan fingerprint density at radius 1 is 1.15 bits per heavy atom. The van der Waals surface area contributed by atoms with Crippen molar-refractivity contribution in [2.24, 2.45) is 11.6 Å². The molecule has 0 heterocycles. The molecule has 0 saturated carbocycles. The number of aliphatic hydroxyl groups excluding tert-OH is 5. The second-order valence-electron chi connectivity index (χ2n) is 4.77. The van der Waals surface area contributed by atoms with Crippen LogP contribution in [-0.2, 0) is 9.59 Å². The summed E-state index contributed by atoms with van der Waals surface area (Å²) in [5, 5.41) is 46.3. The molecule has 20 heavy (non-hydrogen) atoms.